The molecular formula is C12H19N3O5S. The lowest BCUT2D eigenvalue weighted by Gasteiger charge is -2.20. The van der Waals surface area contributed by atoms with Crippen molar-refractivity contribution in [3.63, 3.8) is 0 Å². The Morgan fingerprint density at radius 2 is 2.19 bits per heavy atom. The number of hydrogen-bond donors (Lipinski definition) is 1. The second-order valence-corrected chi connectivity index (χ2v) is 7.50. The Hall–Kier alpha value is -1.45. The Morgan fingerprint density at radius 3 is 2.76 bits per heavy atom. The van der Waals surface area contributed by atoms with Crippen molar-refractivity contribution in [2.75, 3.05) is 33.1 Å². The van der Waals surface area contributed by atoms with E-state index in [4.69, 9.17) is 9.26 Å². The summed E-state index contributed by atoms with van der Waals surface area (Å²) in [5, 5.41) is 6.38. The van der Waals surface area contributed by atoms with Crippen LogP contribution >= 0.6 is 0 Å². The van der Waals surface area contributed by atoms with Crippen LogP contribution in [0.25, 0.3) is 0 Å². The van der Waals surface area contributed by atoms with Gasteiger partial charge in [-0.2, -0.15) is 0 Å². The zero-order chi connectivity index (χ0) is 15.6. The molecule has 0 bridgehead atoms. The molecule has 0 saturated carbocycles. The standard InChI is InChI=1S/C12H19N3O5S/c1-8-4-11(20-14-8)12(16)13-10-6-19-5-9(10)7-21(17,18)15(2)3/h4,9-10H,5-7H2,1-3H3,(H,13,16)/t9-,10-/m0/s1. The van der Waals surface area contributed by atoms with Crippen LogP contribution in [0.1, 0.15) is 16.2 Å². The highest BCUT2D eigenvalue weighted by atomic mass is 32.2. The van der Waals surface area contributed by atoms with E-state index < -0.39 is 15.9 Å². The number of rotatable bonds is 5. The minimum atomic E-state index is -3.34. The molecule has 0 spiro atoms. The summed E-state index contributed by atoms with van der Waals surface area (Å²) in [6.07, 6.45) is 0. The number of nitrogens with zero attached hydrogens (tertiary/aromatic N) is 2. The molecule has 1 aliphatic rings. The summed E-state index contributed by atoms with van der Waals surface area (Å²) in [5.41, 5.74) is 0.606. The van der Waals surface area contributed by atoms with Crippen molar-refractivity contribution in [2.24, 2.45) is 5.92 Å². The van der Waals surface area contributed by atoms with Gasteiger partial charge in [0.2, 0.25) is 15.8 Å². The van der Waals surface area contributed by atoms with E-state index in [0.717, 1.165) is 0 Å². The number of ether oxygens (including phenoxy) is 1. The van der Waals surface area contributed by atoms with E-state index in [-0.39, 0.29) is 30.1 Å². The Labute approximate surface area is 123 Å². The second kappa shape index (κ2) is 6.12. The summed E-state index contributed by atoms with van der Waals surface area (Å²) >= 11 is 0. The Balaban J connectivity index is 2.01. The average Bonchev–Trinajstić information content (AvgIpc) is 2.99. The van der Waals surface area contributed by atoms with Crippen molar-refractivity contribution in [1.29, 1.82) is 0 Å². The maximum absolute atomic E-state index is 12.0. The van der Waals surface area contributed by atoms with E-state index in [2.05, 4.69) is 10.5 Å². The van der Waals surface area contributed by atoms with E-state index >= 15 is 0 Å². The van der Waals surface area contributed by atoms with E-state index in [1.165, 1.54) is 24.5 Å². The van der Waals surface area contributed by atoms with Gasteiger partial charge in [0.05, 0.1) is 30.7 Å². The lowest BCUT2D eigenvalue weighted by Crippen LogP contribution is -2.43. The minimum Gasteiger partial charge on any atom is -0.379 e. The number of carbonyl (C=O) groups excluding carboxylic acids is 1. The number of hydrogen-bond acceptors (Lipinski definition) is 6. The molecule has 9 heteroatoms. The fourth-order valence-corrected chi connectivity index (χ4v) is 3.22. The summed E-state index contributed by atoms with van der Waals surface area (Å²) < 4.78 is 35.2. The maximum atomic E-state index is 12.0. The van der Waals surface area contributed by atoms with Crippen LogP contribution in [0.3, 0.4) is 0 Å². The summed E-state index contributed by atoms with van der Waals surface area (Å²) in [4.78, 5) is 12.0. The molecule has 21 heavy (non-hydrogen) atoms. The predicted octanol–water partition coefficient (Wildman–Crippen LogP) is -0.381. The summed E-state index contributed by atoms with van der Waals surface area (Å²) in [6.45, 7) is 2.30. The van der Waals surface area contributed by atoms with E-state index in [0.29, 0.717) is 12.3 Å². The first-order chi connectivity index (χ1) is 9.79. The van der Waals surface area contributed by atoms with Gasteiger partial charge in [0.1, 0.15) is 0 Å². The number of nitrogens with one attached hydrogen (secondary N) is 1. The molecule has 0 aliphatic carbocycles. The summed E-state index contributed by atoms with van der Waals surface area (Å²) in [6, 6.07) is 1.16. The lowest BCUT2D eigenvalue weighted by atomic mass is 10.1. The van der Waals surface area contributed by atoms with Crippen LogP contribution in [0, 0.1) is 12.8 Å². The molecule has 1 aliphatic heterocycles. The molecule has 118 valence electrons. The van der Waals surface area contributed by atoms with Gasteiger partial charge in [-0.1, -0.05) is 5.16 Å². The van der Waals surface area contributed by atoms with E-state index in [1.807, 2.05) is 0 Å². The molecule has 2 heterocycles. The molecule has 0 aromatic carbocycles. The molecule has 1 amide bonds. The van der Waals surface area contributed by atoms with Gasteiger partial charge in [0.25, 0.3) is 5.91 Å². The fourth-order valence-electron chi connectivity index (χ4n) is 2.05. The van der Waals surface area contributed by atoms with Crippen molar-refractivity contribution in [3.05, 3.63) is 17.5 Å². The van der Waals surface area contributed by atoms with Gasteiger partial charge in [-0.15, -0.1) is 0 Å². The molecular weight excluding hydrogens is 298 g/mol. The zero-order valence-corrected chi connectivity index (χ0v) is 13.0. The number of aromatic nitrogens is 1. The predicted molar refractivity (Wildman–Crippen MR) is 74.3 cm³/mol. The van der Waals surface area contributed by atoms with Gasteiger partial charge in [0, 0.05) is 26.1 Å². The largest absolute Gasteiger partial charge is 0.379 e. The molecule has 1 aromatic rings. The third-order valence-corrected chi connectivity index (χ3v) is 5.31. The first-order valence-electron chi connectivity index (χ1n) is 6.51. The van der Waals surface area contributed by atoms with Crippen molar-refractivity contribution in [2.45, 2.75) is 13.0 Å². The van der Waals surface area contributed by atoms with Crippen molar-refractivity contribution in [3.8, 4) is 0 Å². The van der Waals surface area contributed by atoms with Crippen LogP contribution < -0.4 is 5.32 Å². The number of carbonyl (C=O) groups is 1. The van der Waals surface area contributed by atoms with Gasteiger partial charge in [-0.3, -0.25) is 4.79 Å². The van der Waals surface area contributed by atoms with Crippen LogP contribution in [-0.4, -0.2) is 62.9 Å². The molecule has 1 saturated heterocycles. The van der Waals surface area contributed by atoms with Crippen molar-refractivity contribution < 1.29 is 22.5 Å². The average molecular weight is 317 g/mol. The fraction of sp³-hybridized carbons (Fsp3) is 0.667. The van der Waals surface area contributed by atoms with Crippen LogP contribution in [0.2, 0.25) is 0 Å². The SMILES string of the molecule is Cc1cc(C(=O)N[C@H]2COC[C@H]2CS(=O)(=O)N(C)C)on1. The zero-order valence-electron chi connectivity index (χ0n) is 12.2. The van der Waals surface area contributed by atoms with Crippen LogP contribution in [0.4, 0.5) is 0 Å². The number of sulfonamides is 1. The van der Waals surface area contributed by atoms with Gasteiger partial charge in [-0.05, 0) is 6.92 Å². The highest BCUT2D eigenvalue weighted by molar-refractivity contribution is 7.89. The Morgan fingerprint density at radius 1 is 1.48 bits per heavy atom. The molecule has 2 atom stereocenters. The van der Waals surface area contributed by atoms with Crippen LogP contribution in [0.15, 0.2) is 10.6 Å². The second-order valence-electron chi connectivity index (χ2n) is 5.27. The number of amides is 1. The van der Waals surface area contributed by atoms with E-state index in [1.54, 1.807) is 6.92 Å². The first kappa shape index (κ1) is 15.9. The smallest absolute Gasteiger partial charge is 0.290 e. The summed E-state index contributed by atoms with van der Waals surface area (Å²) in [7, 11) is -0.380. The topological polar surface area (TPSA) is 102 Å². The van der Waals surface area contributed by atoms with E-state index in [9.17, 15) is 13.2 Å². The van der Waals surface area contributed by atoms with Gasteiger partial charge in [-0.25, -0.2) is 12.7 Å². The normalized spacial score (nSPS) is 22.7. The highest BCUT2D eigenvalue weighted by Crippen LogP contribution is 2.18. The molecule has 2 rings (SSSR count). The molecule has 1 fully saturated rings. The first-order valence-corrected chi connectivity index (χ1v) is 8.12. The minimum absolute atomic E-state index is 0.0691. The molecule has 8 nitrogen and oxygen atoms in total. The van der Waals surface area contributed by atoms with Crippen LogP contribution in [0.5, 0.6) is 0 Å². The van der Waals surface area contributed by atoms with Gasteiger partial charge in [0.15, 0.2) is 0 Å². The Bertz CT molecular complexity index is 610. The van der Waals surface area contributed by atoms with Crippen molar-refractivity contribution >= 4 is 15.9 Å². The molecule has 1 aromatic heterocycles. The van der Waals surface area contributed by atoms with Gasteiger partial charge < -0.3 is 14.6 Å². The quantitative estimate of drug-likeness (QED) is 0.794. The Kier molecular flexibility index (Phi) is 4.64. The third kappa shape index (κ3) is 3.80. The molecule has 0 radical (unpaired) electrons. The van der Waals surface area contributed by atoms with Crippen LogP contribution in [-0.2, 0) is 14.8 Å². The number of aryl methyl sites for hydroxylation is 1. The lowest BCUT2D eigenvalue weighted by molar-refractivity contribution is 0.0888. The third-order valence-electron chi connectivity index (χ3n) is 3.35. The summed E-state index contributed by atoms with van der Waals surface area (Å²) in [5.74, 6) is -0.669. The van der Waals surface area contributed by atoms with Gasteiger partial charge >= 0.3 is 0 Å². The maximum Gasteiger partial charge on any atom is 0.290 e. The molecule has 1 N–H and O–H groups in total. The monoisotopic (exact) mass is 317 g/mol. The highest BCUT2D eigenvalue weighted by Gasteiger charge is 2.34. The molecule has 0 unspecified atom stereocenters. The van der Waals surface area contributed by atoms with Crippen molar-refractivity contribution in [1.82, 2.24) is 14.8 Å².